The highest BCUT2D eigenvalue weighted by Crippen LogP contribution is 2.29. The number of carbonyl (C=O) groups is 2. The van der Waals surface area contributed by atoms with Crippen LogP contribution in [0.15, 0.2) is 30.3 Å². The van der Waals surface area contributed by atoms with Gasteiger partial charge < -0.3 is 14.8 Å². The summed E-state index contributed by atoms with van der Waals surface area (Å²) in [7, 11) is 0. The Morgan fingerprint density at radius 1 is 1.10 bits per heavy atom. The minimum Gasteiger partial charge on any atom is -0.356 e. The van der Waals surface area contributed by atoms with Gasteiger partial charge in [-0.3, -0.25) is 9.59 Å². The summed E-state index contributed by atoms with van der Waals surface area (Å²) in [4.78, 5) is 32.9. The van der Waals surface area contributed by atoms with Crippen molar-refractivity contribution >= 4 is 11.8 Å². The van der Waals surface area contributed by atoms with Crippen LogP contribution in [0, 0.1) is 11.8 Å². The van der Waals surface area contributed by atoms with Crippen molar-refractivity contribution in [3.8, 4) is 11.4 Å². The Morgan fingerprint density at radius 3 is 2.68 bits per heavy atom. The summed E-state index contributed by atoms with van der Waals surface area (Å²) in [6, 6.07) is 10.1. The third-order valence-electron chi connectivity index (χ3n) is 6.37. The van der Waals surface area contributed by atoms with Crippen molar-refractivity contribution in [3.05, 3.63) is 41.7 Å². The number of nitrogens with zero attached hydrogens (tertiary/aromatic N) is 3. The standard InChI is InChI=1S/C25H34N4O2/c1-18(2)16-26-24(30)20-12-9-14-28(17-20)25(31)22-21-13-7-4-8-15-29(21)23(27-22)19-10-5-3-6-11-19/h3,5-6,10-11,18,20H,4,7-9,12-17H2,1-2H3,(H,26,30)/t20-/m1/s1. The van der Waals surface area contributed by atoms with Gasteiger partial charge in [-0.05, 0) is 38.0 Å². The van der Waals surface area contributed by atoms with Gasteiger partial charge in [-0.25, -0.2) is 4.98 Å². The number of piperidine rings is 1. The zero-order valence-corrected chi connectivity index (χ0v) is 18.8. The van der Waals surface area contributed by atoms with E-state index in [1.165, 1.54) is 6.42 Å². The summed E-state index contributed by atoms with van der Waals surface area (Å²) in [5, 5.41) is 3.04. The van der Waals surface area contributed by atoms with Gasteiger partial charge in [-0.2, -0.15) is 0 Å². The van der Waals surface area contributed by atoms with Gasteiger partial charge in [0.15, 0.2) is 0 Å². The van der Waals surface area contributed by atoms with Crippen molar-refractivity contribution < 1.29 is 9.59 Å². The van der Waals surface area contributed by atoms with Gasteiger partial charge in [0.2, 0.25) is 5.91 Å². The lowest BCUT2D eigenvalue weighted by Gasteiger charge is -2.32. The molecule has 1 atom stereocenters. The molecule has 6 nitrogen and oxygen atoms in total. The van der Waals surface area contributed by atoms with E-state index in [0.29, 0.717) is 31.2 Å². The minimum atomic E-state index is -0.133. The van der Waals surface area contributed by atoms with Crippen LogP contribution < -0.4 is 5.32 Å². The molecule has 2 aliphatic rings. The quantitative estimate of drug-likeness (QED) is 0.795. The van der Waals surface area contributed by atoms with E-state index >= 15 is 0 Å². The summed E-state index contributed by atoms with van der Waals surface area (Å²) in [5.41, 5.74) is 2.70. The molecule has 0 unspecified atom stereocenters. The Labute approximate surface area is 185 Å². The number of fused-ring (bicyclic) bond motifs is 1. The SMILES string of the molecule is CC(C)CNC(=O)[C@@H]1CCCN(C(=O)c2nc(-c3ccccc3)n3c2CCCCC3)C1. The van der Waals surface area contributed by atoms with Crippen molar-refractivity contribution in [2.45, 2.75) is 58.9 Å². The molecule has 2 aromatic rings. The first-order valence-electron chi connectivity index (χ1n) is 11.8. The van der Waals surface area contributed by atoms with Gasteiger partial charge >= 0.3 is 0 Å². The lowest BCUT2D eigenvalue weighted by atomic mass is 9.96. The molecule has 4 rings (SSSR count). The van der Waals surface area contributed by atoms with E-state index in [0.717, 1.165) is 55.7 Å². The van der Waals surface area contributed by atoms with Gasteiger partial charge in [0.25, 0.3) is 5.91 Å². The maximum Gasteiger partial charge on any atom is 0.274 e. The molecule has 6 heteroatoms. The van der Waals surface area contributed by atoms with Gasteiger partial charge in [0, 0.05) is 31.7 Å². The number of benzene rings is 1. The van der Waals surface area contributed by atoms with Gasteiger partial charge in [0.05, 0.1) is 11.6 Å². The molecule has 2 amide bonds. The van der Waals surface area contributed by atoms with E-state index in [-0.39, 0.29) is 17.7 Å². The maximum absolute atomic E-state index is 13.6. The number of hydrogen-bond acceptors (Lipinski definition) is 3. The zero-order chi connectivity index (χ0) is 21.8. The summed E-state index contributed by atoms with van der Waals surface area (Å²) in [5.74, 6) is 1.23. The topological polar surface area (TPSA) is 67.2 Å². The van der Waals surface area contributed by atoms with Crippen molar-refractivity contribution in [1.29, 1.82) is 0 Å². The molecular formula is C25H34N4O2. The Balaban J connectivity index is 1.58. The molecule has 31 heavy (non-hydrogen) atoms. The van der Waals surface area contributed by atoms with Crippen molar-refractivity contribution in [2.75, 3.05) is 19.6 Å². The number of nitrogens with one attached hydrogen (secondary N) is 1. The molecule has 0 saturated carbocycles. The summed E-state index contributed by atoms with van der Waals surface area (Å²) in [6.07, 6.45) is 5.94. The Kier molecular flexibility index (Phi) is 6.73. The highest BCUT2D eigenvalue weighted by atomic mass is 16.2. The van der Waals surface area contributed by atoms with Crippen LogP contribution in [-0.2, 0) is 17.8 Å². The summed E-state index contributed by atoms with van der Waals surface area (Å²) >= 11 is 0. The number of amides is 2. The molecule has 166 valence electrons. The Hall–Kier alpha value is -2.63. The van der Waals surface area contributed by atoms with E-state index in [1.807, 2.05) is 23.1 Å². The normalized spacial score (nSPS) is 19.1. The fourth-order valence-electron chi connectivity index (χ4n) is 4.67. The largest absolute Gasteiger partial charge is 0.356 e. The van der Waals surface area contributed by atoms with Gasteiger partial charge in [-0.15, -0.1) is 0 Å². The van der Waals surface area contributed by atoms with Crippen LogP contribution in [0.25, 0.3) is 11.4 Å². The number of imidazole rings is 1. The fraction of sp³-hybridized carbons (Fsp3) is 0.560. The van der Waals surface area contributed by atoms with Gasteiger partial charge in [0.1, 0.15) is 11.5 Å². The Morgan fingerprint density at radius 2 is 1.90 bits per heavy atom. The molecule has 3 heterocycles. The second-order valence-corrected chi connectivity index (χ2v) is 9.29. The smallest absolute Gasteiger partial charge is 0.274 e. The monoisotopic (exact) mass is 422 g/mol. The van der Waals surface area contributed by atoms with Crippen LogP contribution in [-0.4, -0.2) is 45.9 Å². The zero-order valence-electron chi connectivity index (χ0n) is 18.8. The second kappa shape index (κ2) is 9.67. The first-order chi connectivity index (χ1) is 15.0. The van der Waals surface area contributed by atoms with Crippen molar-refractivity contribution in [3.63, 3.8) is 0 Å². The first-order valence-corrected chi connectivity index (χ1v) is 11.8. The highest BCUT2D eigenvalue weighted by Gasteiger charge is 2.32. The summed E-state index contributed by atoms with van der Waals surface area (Å²) in [6.45, 7) is 6.94. The lowest BCUT2D eigenvalue weighted by Crippen LogP contribution is -2.46. The van der Waals surface area contributed by atoms with E-state index in [4.69, 9.17) is 4.98 Å². The fourth-order valence-corrected chi connectivity index (χ4v) is 4.67. The van der Waals surface area contributed by atoms with Gasteiger partial charge in [-0.1, -0.05) is 50.6 Å². The molecule has 1 N–H and O–H groups in total. The summed E-state index contributed by atoms with van der Waals surface area (Å²) < 4.78 is 2.26. The average molecular weight is 423 g/mol. The second-order valence-electron chi connectivity index (χ2n) is 9.29. The molecule has 2 aliphatic heterocycles. The third kappa shape index (κ3) is 4.83. The third-order valence-corrected chi connectivity index (χ3v) is 6.37. The molecule has 0 bridgehead atoms. The number of hydrogen-bond donors (Lipinski definition) is 1. The average Bonchev–Trinajstić information content (AvgIpc) is 2.98. The molecule has 1 saturated heterocycles. The van der Waals surface area contributed by atoms with Crippen LogP contribution in [0.2, 0.25) is 0 Å². The van der Waals surface area contributed by atoms with Crippen LogP contribution in [0.4, 0.5) is 0 Å². The van der Waals surface area contributed by atoms with Crippen LogP contribution in [0.3, 0.4) is 0 Å². The molecule has 0 radical (unpaired) electrons. The van der Waals surface area contributed by atoms with Crippen molar-refractivity contribution in [2.24, 2.45) is 11.8 Å². The molecule has 0 aliphatic carbocycles. The molecule has 0 spiro atoms. The molecule has 1 aromatic carbocycles. The lowest BCUT2D eigenvalue weighted by molar-refractivity contribution is -0.126. The van der Waals surface area contributed by atoms with Crippen LogP contribution in [0.1, 0.15) is 62.1 Å². The highest BCUT2D eigenvalue weighted by molar-refractivity contribution is 5.95. The van der Waals surface area contributed by atoms with E-state index in [1.54, 1.807) is 0 Å². The molecule has 1 fully saturated rings. The van der Waals surface area contributed by atoms with E-state index < -0.39 is 0 Å². The Bertz CT molecular complexity index is 919. The molecular weight excluding hydrogens is 388 g/mol. The number of carbonyl (C=O) groups excluding carboxylic acids is 2. The predicted octanol–water partition coefficient (Wildman–Crippen LogP) is 3.90. The van der Waals surface area contributed by atoms with Crippen molar-refractivity contribution in [1.82, 2.24) is 19.8 Å². The number of aromatic nitrogens is 2. The predicted molar refractivity (Wildman–Crippen MR) is 122 cm³/mol. The minimum absolute atomic E-state index is 0.0193. The number of likely N-dealkylation sites (tertiary alicyclic amines) is 1. The first kappa shape index (κ1) is 21.6. The van der Waals surface area contributed by atoms with Crippen LogP contribution in [0.5, 0.6) is 0 Å². The van der Waals surface area contributed by atoms with E-state index in [2.05, 4.69) is 35.9 Å². The number of rotatable bonds is 5. The van der Waals surface area contributed by atoms with Crippen LogP contribution >= 0.6 is 0 Å². The van der Waals surface area contributed by atoms with E-state index in [9.17, 15) is 9.59 Å². The maximum atomic E-state index is 13.6. The molecule has 1 aromatic heterocycles.